The third kappa shape index (κ3) is 9.53. The molecule has 2 aromatic rings. The summed E-state index contributed by atoms with van der Waals surface area (Å²) in [5.41, 5.74) is 3.11. The molecule has 0 aliphatic rings. The number of aryl methyl sites for hydroxylation is 2. The quantitative estimate of drug-likeness (QED) is 0.175. The smallest absolute Gasteiger partial charge is 0.294 e. The molecule has 2 aromatic heterocycles. The minimum absolute atomic E-state index is 0. The average Bonchev–Trinajstić information content (AvgIpc) is 3.23. The van der Waals surface area contributed by atoms with Gasteiger partial charge in [0.15, 0.2) is 0 Å². The van der Waals surface area contributed by atoms with E-state index < -0.39 is 0 Å². The first-order valence-electron chi connectivity index (χ1n) is 11.3. The van der Waals surface area contributed by atoms with E-state index >= 15 is 0 Å². The number of unbranched alkanes of at least 4 members (excludes halogenated alkanes) is 12. The molecule has 0 atom stereocenters. The molecule has 0 radical (unpaired) electrons. The molecule has 0 aliphatic heterocycles. The van der Waals surface area contributed by atoms with Crippen LogP contribution in [0.5, 0.6) is 0 Å². The van der Waals surface area contributed by atoms with Gasteiger partial charge < -0.3 is 0 Å². The zero-order valence-corrected chi connectivity index (χ0v) is 19.8. The molecule has 0 nitrogen and oxygen atoms in total. The molecule has 0 fully saturated rings. The number of fused-ring (bicyclic) bond motifs is 1. The fraction of sp³-hybridized carbons (Fsp3) is 0.750. The number of thiophene rings is 2. The Balaban J connectivity index is 0.00000364. The molecule has 0 unspecified atom stereocenters. The first-order chi connectivity index (χ1) is 12.9. The van der Waals surface area contributed by atoms with Crippen molar-refractivity contribution in [2.45, 2.75) is 117 Å². The molecule has 2 heterocycles. The molecule has 0 N–H and O–H groups in total. The summed E-state index contributed by atoms with van der Waals surface area (Å²) in [6, 6.07) is 0. The summed E-state index contributed by atoms with van der Waals surface area (Å²) in [7, 11) is 0. The molecule has 0 saturated carbocycles. The van der Waals surface area contributed by atoms with Gasteiger partial charge in [0, 0.05) is 0 Å². The van der Waals surface area contributed by atoms with Gasteiger partial charge in [0.2, 0.25) is 0 Å². The maximum atomic E-state index is 3.62. The van der Waals surface area contributed by atoms with Crippen molar-refractivity contribution in [3.8, 4) is 0 Å². The van der Waals surface area contributed by atoms with Gasteiger partial charge in [0.05, 0.1) is 0 Å². The van der Waals surface area contributed by atoms with Gasteiger partial charge >= 0.3 is 18.9 Å². The first kappa shape index (κ1) is 25.3. The number of rotatable bonds is 16. The zero-order chi connectivity index (χ0) is 18.5. The summed E-state index contributed by atoms with van der Waals surface area (Å²) in [6.45, 7) is 4.59. The molecular weight excluding hydrogens is 359 g/mol. The van der Waals surface area contributed by atoms with E-state index in [1.807, 2.05) is 22.7 Å². The van der Waals surface area contributed by atoms with Gasteiger partial charge in [-0.05, 0) is 18.2 Å². The van der Waals surface area contributed by atoms with Gasteiger partial charge in [-0.15, -0.1) is 20.3 Å². The van der Waals surface area contributed by atoms with Gasteiger partial charge in [-0.3, -0.25) is 11.3 Å². The fourth-order valence-corrected chi connectivity index (χ4v) is 6.11. The molecule has 0 spiro atoms. The number of hydrogen-bond donors (Lipinski definition) is 0. The maximum Gasteiger partial charge on any atom is 1.00 e. The van der Waals surface area contributed by atoms with Crippen LogP contribution in [0.1, 0.15) is 115 Å². The zero-order valence-electron chi connectivity index (χ0n) is 18.2. The summed E-state index contributed by atoms with van der Waals surface area (Å²) in [5, 5.41) is 6.05. The van der Waals surface area contributed by atoms with Crippen molar-refractivity contribution < 1.29 is 18.9 Å². The van der Waals surface area contributed by atoms with Gasteiger partial charge in [0.25, 0.3) is 0 Å². The minimum atomic E-state index is 0. The second-order valence-corrected chi connectivity index (χ2v) is 9.54. The second kappa shape index (κ2) is 16.1. The summed E-state index contributed by atoms with van der Waals surface area (Å²) in [4.78, 5) is 0. The van der Waals surface area contributed by atoms with E-state index in [0.717, 1.165) is 0 Å². The van der Waals surface area contributed by atoms with Crippen molar-refractivity contribution in [3.63, 3.8) is 0 Å². The predicted octanol–water partition coefficient (Wildman–Crippen LogP) is 6.35. The standard InChI is InChI=1S/C24H39S2.Li/c1-3-5-7-9-11-13-15-17-21-19-25-24-22(20-26-23(21)24)18-16-14-12-10-8-6-4-2;/h19H,3-18H2,1-2H3;/q-1;+1. The Kier molecular flexibility index (Phi) is 15.1. The number of hydrogen-bond acceptors (Lipinski definition) is 2. The molecular formula is C24H39LiS2. The molecule has 0 bridgehead atoms. The first-order valence-corrected chi connectivity index (χ1v) is 13.0. The summed E-state index contributed by atoms with van der Waals surface area (Å²) >= 11 is 3.86. The van der Waals surface area contributed by atoms with Gasteiger partial charge in [-0.25, -0.2) is 11.3 Å². The fourth-order valence-electron chi connectivity index (χ4n) is 3.73. The maximum absolute atomic E-state index is 3.62. The monoisotopic (exact) mass is 398 g/mol. The van der Waals surface area contributed by atoms with Gasteiger partial charge in [-0.1, -0.05) is 109 Å². The van der Waals surface area contributed by atoms with E-state index in [1.54, 1.807) is 15.0 Å². The van der Waals surface area contributed by atoms with E-state index in [4.69, 9.17) is 0 Å². The largest absolute Gasteiger partial charge is 1.00 e. The minimum Gasteiger partial charge on any atom is -0.294 e. The van der Waals surface area contributed by atoms with Crippen molar-refractivity contribution in [2.75, 3.05) is 0 Å². The van der Waals surface area contributed by atoms with Crippen molar-refractivity contribution in [2.24, 2.45) is 0 Å². The van der Waals surface area contributed by atoms with Crippen molar-refractivity contribution in [1.29, 1.82) is 0 Å². The van der Waals surface area contributed by atoms with Crippen LogP contribution >= 0.6 is 22.7 Å². The summed E-state index contributed by atoms with van der Waals surface area (Å²) in [6.07, 6.45) is 22.1. The Bertz CT molecular complexity index is 532. The Hall–Kier alpha value is 0.257. The van der Waals surface area contributed by atoms with Gasteiger partial charge in [-0.2, -0.15) is 0 Å². The Labute approximate surface area is 188 Å². The topological polar surface area (TPSA) is 0 Å². The second-order valence-electron chi connectivity index (χ2n) is 7.84. The van der Waals surface area contributed by atoms with Crippen molar-refractivity contribution in [1.82, 2.24) is 0 Å². The summed E-state index contributed by atoms with van der Waals surface area (Å²) < 4.78 is 3.11. The van der Waals surface area contributed by atoms with E-state index in [9.17, 15) is 0 Å². The van der Waals surface area contributed by atoms with Crippen LogP contribution in [0.25, 0.3) is 9.40 Å². The summed E-state index contributed by atoms with van der Waals surface area (Å²) in [5.74, 6) is 0. The molecule has 148 valence electrons. The van der Waals surface area contributed by atoms with Crippen LogP contribution in [0.4, 0.5) is 0 Å². The third-order valence-electron chi connectivity index (χ3n) is 5.45. The third-order valence-corrected chi connectivity index (χ3v) is 7.68. The Morgan fingerprint density at radius 3 is 1.78 bits per heavy atom. The van der Waals surface area contributed by atoms with Gasteiger partial charge in [0.1, 0.15) is 0 Å². The molecule has 0 amide bonds. The van der Waals surface area contributed by atoms with E-state index in [-0.39, 0.29) is 18.9 Å². The Morgan fingerprint density at radius 2 is 1.19 bits per heavy atom. The van der Waals surface area contributed by atoms with Crippen LogP contribution in [-0.4, -0.2) is 0 Å². The molecule has 2 rings (SSSR count). The van der Waals surface area contributed by atoms with Crippen molar-refractivity contribution >= 4 is 32.1 Å². The molecule has 0 aromatic carbocycles. The van der Waals surface area contributed by atoms with Crippen LogP contribution in [0.15, 0.2) is 5.38 Å². The molecule has 3 heteroatoms. The normalized spacial score (nSPS) is 11.2. The molecule has 0 saturated heterocycles. The van der Waals surface area contributed by atoms with Crippen LogP contribution in [0.2, 0.25) is 0 Å². The van der Waals surface area contributed by atoms with Crippen LogP contribution in [0.3, 0.4) is 0 Å². The van der Waals surface area contributed by atoms with Crippen LogP contribution < -0.4 is 18.9 Å². The van der Waals surface area contributed by atoms with E-state index in [0.29, 0.717) is 0 Å². The van der Waals surface area contributed by atoms with Crippen LogP contribution in [-0.2, 0) is 12.8 Å². The van der Waals surface area contributed by atoms with Crippen molar-refractivity contribution in [3.05, 3.63) is 21.9 Å². The molecule has 0 aliphatic carbocycles. The Morgan fingerprint density at radius 1 is 0.667 bits per heavy atom. The molecule has 27 heavy (non-hydrogen) atoms. The van der Waals surface area contributed by atoms with Crippen LogP contribution in [0, 0.1) is 5.38 Å². The SMILES string of the molecule is CCCCCCCCCc1[c-]sc2c(CCCCCCCCC)csc12.[Li+]. The average molecular weight is 399 g/mol. The van der Waals surface area contributed by atoms with E-state index in [2.05, 4.69) is 24.6 Å². The van der Waals surface area contributed by atoms with E-state index in [1.165, 1.54) is 108 Å². The predicted molar refractivity (Wildman–Crippen MR) is 122 cm³/mol.